The first-order valence-corrected chi connectivity index (χ1v) is 4.58. The first-order chi connectivity index (χ1) is 6.35. The van der Waals surface area contributed by atoms with Crippen LogP contribution in [0.3, 0.4) is 0 Å². The molecule has 0 spiro atoms. The van der Waals surface area contributed by atoms with Gasteiger partial charge in [0.1, 0.15) is 10.4 Å². The topological polar surface area (TPSA) is 101 Å². The van der Waals surface area contributed by atoms with E-state index in [4.69, 9.17) is 15.9 Å². The molecule has 5 nitrogen and oxygen atoms in total. The predicted octanol–water partition coefficient (Wildman–Crippen LogP) is 0.705. The van der Waals surface area contributed by atoms with E-state index < -0.39 is 17.5 Å². The van der Waals surface area contributed by atoms with Gasteiger partial charge in [-0.3, -0.25) is 0 Å². The van der Waals surface area contributed by atoms with Gasteiger partial charge in [-0.05, 0) is 23.9 Å². The van der Waals surface area contributed by atoms with Gasteiger partial charge in [-0.2, -0.15) is 0 Å². The van der Waals surface area contributed by atoms with Crippen LogP contribution < -0.4 is 5.73 Å². The molecule has 0 radical (unpaired) electrons. The minimum Gasteiger partial charge on any atom is -0.480 e. The minimum absolute atomic E-state index is 0.0814. The Morgan fingerprint density at radius 1 is 1.50 bits per heavy atom. The molecule has 1 aromatic rings. The Morgan fingerprint density at radius 2 is 2.07 bits per heavy atom. The maximum absolute atomic E-state index is 10.7. The zero-order valence-electron chi connectivity index (χ0n) is 7.35. The van der Waals surface area contributed by atoms with Crippen molar-refractivity contribution in [1.82, 2.24) is 0 Å². The number of rotatable bonds is 3. The number of thiophene rings is 1. The summed E-state index contributed by atoms with van der Waals surface area (Å²) >= 11 is 0.959. The number of carboxylic acids is 2. The fourth-order valence-corrected chi connectivity index (χ4v) is 1.71. The van der Waals surface area contributed by atoms with Crippen LogP contribution >= 0.6 is 11.3 Å². The molecule has 1 unspecified atom stereocenters. The number of aromatic carboxylic acids is 1. The van der Waals surface area contributed by atoms with E-state index in [1.807, 2.05) is 0 Å². The molecule has 0 amide bonds. The van der Waals surface area contributed by atoms with Crippen LogP contribution in [0.15, 0.2) is 11.4 Å². The Kier molecular flexibility index (Phi) is 2.59. The molecule has 1 rings (SSSR count). The Morgan fingerprint density at radius 3 is 2.43 bits per heavy atom. The summed E-state index contributed by atoms with van der Waals surface area (Å²) in [6, 6.07) is 1.28. The highest BCUT2D eigenvalue weighted by Gasteiger charge is 2.31. The standard InChI is InChI=1S/C8H9NO4S/c1-8(9,7(12)13)4-2-5(6(10)11)14-3-4/h2-3H,9H2,1H3,(H,10,11)(H,12,13). The van der Waals surface area contributed by atoms with Crippen molar-refractivity contribution >= 4 is 23.3 Å². The average molecular weight is 215 g/mol. The average Bonchev–Trinajstić information content (AvgIpc) is 2.51. The molecule has 0 aromatic carbocycles. The fourth-order valence-electron chi connectivity index (χ4n) is 0.844. The molecule has 4 N–H and O–H groups in total. The van der Waals surface area contributed by atoms with E-state index in [-0.39, 0.29) is 4.88 Å². The van der Waals surface area contributed by atoms with Gasteiger partial charge in [0.25, 0.3) is 0 Å². The summed E-state index contributed by atoms with van der Waals surface area (Å²) in [5, 5.41) is 18.8. The molecule has 0 bridgehead atoms. The molecule has 76 valence electrons. The third-order valence-electron chi connectivity index (χ3n) is 1.85. The largest absolute Gasteiger partial charge is 0.480 e. The van der Waals surface area contributed by atoms with Crippen LogP contribution in [0.2, 0.25) is 0 Å². The third kappa shape index (κ3) is 1.75. The summed E-state index contributed by atoms with van der Waals surface area (Å²) in [7, 11) is 0. The second-order valence-electron chi connectivity index (χ2n) is 3.01. The van der Waals surface area contributed by atoms with E-state index >= 15 is 0 Å². The number of carboxylic acid groups (broad SMARTS) is 2. The number of hydrogen-bond donors (Lipinski definition) is 3. The highest BCUT2D eigenvalue weighted by molar-refractivity contribution is 7.12. The van der Waals surface area contributed by atoms with Gasteiger partial charge in [0.05, 0.1) is 0 Å². The normalized spacial score (nSPS) is 14.7. The smallest absolute Gasteiger partial charge is 0.345 e. The van der Waals surface area contributed by atoms with Gasteiger partial charge in [0.2, 0.25) is 0 Å². The molecule has 0 saturated carbocycles. The van der Waals surface area contributed by atoms with Crippen molar-refractivity contribution in [2.75, 3.05) is 0 Å². The van der Waals surface area contributed by atoms with E-state index in [9.17, 15) is 9.59 Å². The van der Waals surface area contributed by atoms with Crippen LogP contribution in [0.1, 0.15) is 22.2 Å². The van der Waals surface area contributed by atoms with Crippen molar-refractivity contribution in [3.63, 3.8) is 0 Å². The Hall–Kier alpha value is -1.40. The molecule has 0 aliphatic rings. The summed E-state index contributed by atoms with van der Waals surface area (Å²) in [5.74, 6) is -2.27. The van der Waals surface area contributed by atoms with Crippen molar-refractivity contribution in [3.05, 3.63) is 21.9 Å². The number of aliphatic carboxylic acids is 1. The minimum atomic E-state index is -1.54. The lowest BCUT2D eigenvalue weighted by Crippen LogP contribution is -2.41. The summed E-state index contributed by atoms with van der Waals surface area (Å²) < 4.78 is 0. The summed E-state index contributed by atoms with van der Waals surface area (Å²) in [6.45, 7) is 1.32. The molecule has 1 aromatic heterocycles. The van der Waals surface area contributed by atoms with Crippen molar-refractivity contribution in [2.45, 2.75) is 12.5 Å². The number of hydrogen-bond acceptors (Lipinski definition) is 4. The summed E-state index contributed by atoms with van der Waals surface area (Å²) in [6.07, 6.45) is 0. The monoisotopic (exact) mass is 215 g/mol. The molecule has 14 heavy (non-hydrogen) atoms. The van der Waals surface area contributed by atoms with Gasteiger partial charge in [0, 0.05) is 0 Å². The number of carbonyl (C=O) groups is 2. The highest BCUT2D eigenvalue weighted by Crippen LogP contribution is 2.24. The zero-order chi connectivity index (χ0) is 10.9. The second-order valence-corrected chi connectivity index (χ2v) is 3.92. The van der Waals surface area contributed by atoms with E-state index in [2.05, 4.69) is 0 Å². The van der Waals surface area contributed by atoms with Crippen LogP contribution in [0, 0.1) is 0 Å². The van der Waals surface area contributed by atoms with Crippen molar-refractivity contribution in [3.8, 4) is 0 Å². The lowest BCUT2D eigenvalue weighted by atomic mass is 9.96. The molecule has 1 heterocycles. The second kappa shape index (κ2) is 3.39. The van der Waals surface area contributed by atoms with Gasteiger partial charge < -0.3 is 15.9 Å². The lowest BCUT2D eigenvalue weighted by Gasteiger charge is -2.16. The van der Waals surface area contributed by atoms with Crippen molar-refractivity contribution < 1.29 is 19.8 Å². The Labute approximate surface area is 83.8 Å². The first kappa shape index (κ1) is 10.7. The predicted molar refractivity (Wildman–Crippen MR) is 50.5 cm³/mol. The van der Waals surface area contributed by atoms with Crippen LogP contribution in [0.5, 0.6) is 0 Å². The summed E-state index contributed by atoms with van der Waals surface area (Å²) in [5.41, 5.74) is 4.27. The zero-order valence-corrected chi connectivity index (χ0v) is 8.17. The van der Waals surface area contributed by atoms with Gasteiger partial charge >= 0.3 is 11.9 Å². The SMILES string of the molecule is CC(N)(C(=O)O)c1csc(C(=O)O)c1. The van der Waals surface area contributed by atoms with Gasteiger partial charge in [-0.15, -0.1) is 11.3 Å². The summed E-state index contributed by atoms with van der Waals surface area (Å²) in [4.78, 5) is 21.3. The van der Waals surface area contributed by atoms with E-state index in [1.165, 1.54) is 18.4 Å². The maximum Gasteiger partial charge on any atom is 0.345 e. The maximum atomic E-state index is 10.7. The Balaban J connectivity index is 3.09. The molecular formula is C8H9NO4S. The van der Waals surface area contributed by atoms with Crippen molar-refractivity contribution in [2.24, 2.45) is 5.73 Å². The van der Waals surface area contributed by atoms with Crippen molar-refractivity contribution in [1.29, 1.82) is 0 Å². The van der Waals surface area contributed by atoms with Crippen LogP contribution in [0.4, 0.5) is 0 Å². The quantitative estimate of drug-likeness (QED) is 0.689. The molecular weight excluding hydrogens is 206 g/mol. The van der Waals surface area contributed by atoms with E-state index in [0.717, 1.165) is 11.3 Å². The molecule has 0 saturated heterocycles. The van der Waals surface area contributed by atoms with Crippen LogP contribution in [-0.2, 0) is 10.3 Å². The molecule has 1 atom stereocenters. The van der Waals surface area contributed by atoms with Gasteiger partial charge in [0.15, 0.2) is 0 Å². The Bertz CT molecular complexity index is 382. The molecule has 0 aliphatic heterocycles. The van der Waals surface area contributed by atoms with E-state index in [1.54, 1.807) is 0 Å². The van der Waals surface area contributed by atoms with E-state index in [0.29, 0.717) is 5.56 Å². The highest BCUT2D eigenvalue weighted by atomic mass is 32.1. The van der Waals surface area contributed by atoms with Gasteiger partial charge in [-0.1, -0.05) is 0 Å². The van der Waals surface area contributed by atoms with Crippen LogP contribution in [0.25, 0.3) is 0 Å². The van der Waals surface area contributed by atoms with Gasteiger partial charge in [-0.25, -0.2) is 9.59 Å². The van der Waals surface area contributed by atoms with Crippen LogP contribution in [-0.4, -0.2) is 22.2 Å². The molecule has 6 heteroatoms. The molecule has 0 fully saturated rings. The lowest BCUT2D eigenvalue weighted by molar-refractivity contribution is -0.143. The third-order valence-corrected chi connectivity index (χ3v) is 2.77. The fraction of sp³-hybridized carbons (Fsp3) is 0.250. The number of nitrogens with two attached hydrogens (primary N) is 1. The first-order valence-electron chi connectivity index (χ1n) is 3.70. The molecule has 0 aliphatic carbocycles.